The lowest BCUT2D eigenvalue weighted by Gasteiger charge is -2.08. The van der Waals surface area contributed by atoms with Crippen molar-refractivity contribution in [3.63, 3.8) is 0 Å². The van der Waals surface area contributed by atoms with Crippen molar-refractivity contribution in [1.29, 1.82) is 0 Å². The fourth-order valence-electron chi connectivity index (χ4n) is 2.43. The van der Waals surface area contributed by atoms with Gasteiger partial charge in [0.1, 0.15) is 5.52 Å². The van der Waals surface area contributed by atoms with Gasteiger partial charge < -0.3 is 0 Å². The topological polar surface area (TPSA) is 78.0 Å². The number of aromatic nitrogens is 6. The van der Waals surface area contributed by atoms with Crippen LogP contribution in [0, 0.1) is 0 Å². The van der Waals surface area contributed by atoms with Crippen LogP contribution in [0.15, 0.2) is 41.3 Å². The van der Waals surface area contributed by atoms with Crippen LogP contribution in [0.5, 0.6) is 0 Å². The van der Waals surface area contributed by atoms with Crippen LogP contribution in [0.4, 0.5) is 0 Å². The first-order valence-electron chi connectivity index (χ1n) is 7.07. The summed E-state index contributed by atoms with van der Waals surface area (Å²) in [6.07, 6.45) is 2.34. The minimum absolute atomic E-state index is 0.215. The van der Waals surface area contributed by atoms with Crippen LogP contribution in [0.2, 0.25) is 5.02 Å². The number of benzene rings is 1. The van der Waals surface area contributed by atoms with E-state index in [1.807, 2.05) is 19.1 Å². The average molecular weight is 327 g/mol. The Morgan fingerprint density at radius 1 is 1.17 bits per heavy atom. The van der Waals surface area contributed by atoms with Gasteiger partial charge in [0.2, 0.25) is 0 Å². The number of hydrogen-bond acceptors (Lipinski definition) is 5. The van der Waals surface area contributed by atoms with Crippen LogP contribution in [0.1, 0.15) is 12.7 Å². The molecule has 3 heterocycles. The SMILES string of the molecule is CCc1nc2nnc3c(=O)n(-c4ccccc4Cl)ccc3n2n1. The fraction of sp³-hybridized carbons (Fsp3) is 0.133. The summed E-state index contributed by atoms with van der Waals surface area (Å²) in [5.41, 5.74) is 1.07. The molecule has 0 aliphatic rings. The molecule has 0 unspecified atom stereocenters. The third-order valence-electron chi connectivity index (χ3n) is 3.58. The number of rotatable bonds is 2. The number of fused-ring (bicyclic) bond motifs is 3. The molecule has 3 aromatic heterocycles. The first-order valence-corrected chi connectivity index (χ1v) is 7.45. The molecule has 0 radical (unpaired) electrons. The number of halogens is 1. The Bertz CT molecular complexity index is 1100. The van der Waals surface area contributed by atoms with Crippen LogP contribution in [-0.4, -0.2) is 29.4 Å². The van der Waals surface area contributed by atoms with E-state index in [2.05, 4.69) is 20.3 Å². The Hall–Kier alpha value is -2.80. The van der Waals surface area contributed by atoms with Crippen molar-refractivity contribution < 1.29 is 0 Å². The molecule has 0 aliphatic carbocycles. The summed E-state index contributed by atoms with van der Waals surface area (Å²) in [5.74, 6) is 1.03. The van der Waals surface area contributed by atoms with Gasteiger partial charge in [-0.2, -0.15) is 9.50 Å². The minimum atomic E-state index is -0.307. The van der Waals surface area contributed by atoms with E-state index in [9.17, 15) is 4.79 Å². The number of nitrogens with zero attached hydrogens (tertiary/aromatic N) is 6. The molecule has 4 aromatic rings. The first-order chi connectivity index (χ1) is 11.2. The van der Waals surface area contributed by atoms with Gasteiger partial charge in [-0.3, -0.25) is 9.36 Å². The molecule has 0 bridgehead atoms. The van der Waals surface area contributed by atoms with Crippen molar-refractivity contribution >= 4 is 28.4 Å². The molecule has 0 atom stereocenters. The van der Waals surface area contributed by atoms with Crippen molar-refractivity contribution in [3.8, 4) is 5.69 Å². The van der Waals surface area contributed by atoms with Crippen molar-refractivity contribution in [2.24, 2.45) is 0 Å². The normalized spacial score (nSPS) is 11.4. The van der Waals surface area contributed by atoms with Crippen molar-refractivity contribution in [2.75, 3.05) is 0 Å². The lowest BCUT2D eigenvalue weighted by molar-refractivity contribution is 0.883. The molecule has 7 nitrogen and oxygen atoms in total. The van der Waals surface area contributed by atoms with Gasteiger partial charge >= 0.3 is 0 Å². The van der Waals surface area contributed by atoms with Gasteiger partial charge in [0.15, 0.2) is 11.3 Å². The van der Waals surface area contributed by atoms with E-state index in [0.717, 1.165) is 0 Å². The molecule has 114 valence electrons. The highest BCUT2D eigenvalue weighted by atomic mass is 35.5. The summed E-state index contributed by atoms with van der Waals surface area (Å²) in [5, 5.41) is 12.8. The van der Waals surface area contributed by atoms with Crippen molar-refractivity contribution in [2.45, 2.75) is 13.3 Å². The molecule has 0 N–H and O–H groups in total. The highest BCUT2D eigenvalue weighted by Crippen LogP contribution is 2.19. The van der Waals surface area contributed by atoms with Crippen LogP contribution in [-0.2, 0) is 6.42 Å². The quantitative estimate of drug-likeness (QED) is 0.563. The van der Waals surface area contributed by atoms with E-state index in [1.54, 1.807) is 28.9 Å². The zero-order valence-corrected chi connectivity index (χ0v) is 12.9. The van der Waals surface area contributed by atoms with E-state index in [0.29, 0.717) is 34.2 Å². The van der Waals surface area contributed by atoms with E-state index in [-0.39, 0.29) is 11.1 Å². The van der Waals surface area contributed by atoms with Crippen LogP contribution in [0.25, 0.3) is 22.5 Å². The molecule has 8 heteroatoms. The highest BCUT2D eigenvalue weighted by molar-refractivity contribution is 6.32. The number of pyridine rings is 1. The van der Waals surface area contributed by atoms with Gasteiger partial charge in [-0.15, -0.1) is 15.3 Å². The maximum Gasteiger partial charge on any atom is 0.285 e. The molecule has 0 amide bonds. The van der Waals surface area contributed by atoms with E-state index >= 15 is 0 Å². The van der Waals surface area contributed by atoms with Crippen molar-refractivity contribution in [3.05, 3.63) is 57.7 Å². The van der Waals surface area contributed by atoms with Crippen LogP contribution >= 0.6 is 11.6 Å². The molecule has 0 saturated carbocycles. The van der Waals surface area contributed by atoms with Gasteiger partial charge in [-0.25, -0.2) is 0 Å². The van der Waals surface area contributed by atoms with Crippen LogP contribution in [0.3, 0.4) is 0 Å². The third-order valence-corrected chi connectivity index (χ3v) is 3.89. The van der Waals surface area contributed by atoms with Gasteiger partial charge in [0.25, 0.3) is 11.3 Å². The summed E-state index contributed by atoms with van der Waals surface area (Å²) in [7, 11) is 0. The first kappa shape index (κ1) is 13.8. The predicted molar refractivity (Wildman–Crippen MR) is 86.1 cm³/mol. The van der Waals surface area contributed by atoms with E-state index < -0.39 is 0 Å². The molecule has 0 spiro atoms. The molecule has 4 rings (SSSR count). The summed E-state index contributed by atoms with van der Waals surface area (Å²) in [4.78, 5) is 17.0. The summed E-state index contributed by atoms with van der Waals surface area (Å²) < 4.78 is 2.99. The Labute approximate surface area is 135 Å². The van der Waals surface area contributed by atoms with Crippen molar-refractivity contribution in [1.82, 2.24) is 29.4 Å². The second-order valence-corrected chi connectivity index (χ2v) is 5.38. The van der Waals surface area contributed by atoms with Gasteiger partial charge in [0, 0.05) is 12.6 Å². The second-order valence-electron chi connectivity index (χ2n) is 4.97. The molecule has 0 aliphatic heterocycles. The standard InChI is InChI=1S/C15H11ClN6O/c1-2-12-17-15-19-18-13-11(22(15)20-12)7-8-21(14(13)23)10-6-4-3-5-9(10)16/h3-8H,2H2,1H3. The zero-order valence-electron chi connectivity index (χ0n) is 12.1. The molecule has 0 saturated heterocycles. The smallest absolute Gasteiger partial charge is 0.281 e. The average Bonchev–Trinajstić information content (AvgIpc) is 3.00. The largest absolute Gasteiger partial charge is 0.285 e. The fourth-order valence-corrected chi connectivity index (χ4v) is 2.66. The van der Waals surface area contributed by atoms with Crippen LogP contribution < -0.4 is 5.56 Å². The summed E-state index contributed by atoms with van der Waals surface area (Å²) >= 11 is 6.18. The zero-order chi connectivity index (χ0) is 16.0. The Balaban J connectivity index is 2.04. The van der Waals surface area contributed by atoms with Gasteiger partial charge in [0.05, 0.1) is 10.7 Å². The molecular formula is C15H11ClN6O. The van der Waals surface area contributed by atoms with E-state index in [4.69, 9.17) is 11.6 Å². The molecule has 1 aromatic carbocycles. The molecule has 23 heavy (non-hydrogen) atoms. The van der Waals surface area contributed by atoms with Gasteiger partial charge in [-0.1, -0.05) is 30.7 Å². The maximum absolute atomic E-state index is 12.7. The monoisotopic (exact) mass is 326 g/mol. The highest BCUT2D eigenvalue weighted by Gasteiger charge is 2.13. The lowest BCUT2D eigenvalue weighted by Crippen LogP contribution is -2.20. The Morgan fingerprint density at radius 2 is 2.00 bits per heavy atom. The second kappa shape index (κ2) is 5.13. The predicted octanol–water partition coefficient (Wildman–Crippen LogP) is 2.04. The Morgan fingerprint density at radius 3 is 2.78 bits per heavy atom. The summed E-state index contributed by atoms with van der Waals surface area (Å²) in [6, 6.07) is 8.88. The Kier molecular flexibility index (Phi) is 3.09. The number of para-hydroxylation sites is 1. The van der Waals surface area contributed by atoms with E-state index in [1.165, 1.54) is 4.57 Å². The summed E-state index contributed by atoms with van der Waals surface area (Å²) in [6.45, 7) is 1.95. The lowest BCUT2D eigenvalue weighted by atomic mass is 10.3. The molecular weight excluding hydrogens is 316 g/mol. The number of hydrogen-bond donors (Lipinski definition) is 0. The minimum Gasteiger partial charge on any atom is -0.281 e. The number of aryl methyl sites for hydroxylation is 1. The maximum atomic E-state index is 12.7. The van der Waals surface area contributed by atoms with Gasteiger partial charge in [-0.05, 0) is 18.2 Å². The third kappa shape index (κ3) is 2.08. The molecule has 0 fully saturated rings.